The fourth-order valence-electron chi connectivity index (χ4n) is 1.96. The summed E-state index contributed by atoms with van der Waals surface area (Å²) in [5.41, 5.74) is 6.89. The van der Waals surface area contributed by atoms with E-state index in [1.807, 2.05) is 36.6 Å². The van der Waals surface area contributed by atoms with E-state index < -0.39 is 5.54 Å². The van der Waals surface area contributed by atoms with Gasteiger partial charge in [0.2, 0.25) is 5.91 Å². The van der Waals surface area contributed by atoms with Gasteiger partial charge in [-0.1, -0.05) is 37.1 Å². The normalized spacial score (nSPS) is 13.1. The molecule has 22 heavy (non-hydrogen) atoms. The first-order valence-corrected chi connectivity index (χ1v) is 8.00. The molecule has 0 aliphatic rings. The summed E-state index contributed by atoms with van der Waals surface area (Å²) in [5, 5.41) is 5.92. The van der Waals surface area contributed by atoms with E-state index in [2.05, 4.69) is 10.3 Å². The second-order valence-corrected chi connectivity index (χ2v) is 6.46. The van der Waals surface area contributed by atoms with Crippen LogP contribution in [0.5, 0.6) is 0 Å². The lowest BCUT2D eigenvalue weighted by Gasteiger charge is -2.21. The summed E-state index contributed by atoms with van der Waals surface area (Å²) in [6.45, 7) is 3.74. The van der Waals surface area contributed by atoms with E-state index >= 15 is 0 Å². The second kappa shape index (κ2) is 7.92. The lowest BCUT2D eigenvalue weighted by Crippen LogP contribution is -2.48. The number of rotatable bonds is 5. The molecule has 2 aromatic rings. The summed E-state index contributed by atoms with van der Waals surface area (Å²) in [4.78, 5) is 16.5. The molecule has 0 aliphatic carbocycles. The van der Waals surface area contributed by atoms with E-state index in [1.54, 1.807) is 6.92 Å². The van der Waals surface area contributed by atoms with Crippen molar-refractivity contribution in [3.63, 3.8) is 0 Å². The summed E-state index contributed by atoms with van der Waals surface area (Å²) in [7, 11) is 0. The fourth-order valence-corrected chi connectivity index (χ4v) is 2.80. The maximum Gasteiger partial charge on any atom is 0.245 e. The van der Waals surface area contributed by atoms with Crippen LogP contribution in [-0.4, -0.2) is 16.4 Å². The Kier molecular flexibility index (Phi) is 6.81. The minimum atomic E-state index is -0.874. The molecule has 3 N–H and O–H groups in total. The number of carbonyl (C=O) groups excluding carboxylic acids is 1. The summed E-state index contributed by atoms with van der Waals surface area (Å²) >= 11 is 7.24. The molecular formula is C15H19Cl2N3OS. The minimum absolute atomic E-state index is 0. The standard InChI is InChI=1S/C15H18ClN3OS.ClH/c1-3-8-15(2,17)13(20)19-14-18-12(9-21-14)10-4-6-11(16)7-5-10;/h4-7,9H,3,8,17H2,1-2H3,(H,18,19,20);1H. The first kappa shape index (κ1) is 18.9. The van der Waals surface area contributed by atoms with Gasteiger partial charge in [0, 0.05) is 16.0 Å². The Morgan fingerprint density at radius 3 is 2.64 bits per heavy atom. The molecule has 2 rings (SSSR count). The second-order valence-electron chi connectivity index (χ2n) is 5.17. The Morgan fingerprint density at radius 1 is 1.41 bits per heavy atom. The van der Waals surface area contributed by atoms with Gasteiger partial charge in [0.05, 0.1) is 11.2 Å². The molecule has 4 nitrogen and oxygen atoms in total. The van der Waals surface area contributed by atoms with Crippen molar-refractivity contribution in [3.05, 3.63) is 34.7 Å². The number of benzene rings is 1. The Morgan fingerprint density at radius 2 is 2.05 bits per heavy atom. The van der Waals surface area contributed by atoms with Crippen molar-refractivity contribution in [1.29, 1.82) is 0 Å². The van der Waals surface area contributed by atoms with Gasteiger partial charge < -0.3 is 11.1 Å². The number of hydrogen-bond donors (Lipinski definition) is 2. The van der Waals surface area contributed by atoms with Crippen molar-refractivity contribution >= 4 is 46.4 Å². The van der Waals surface area contributed by atoms with E-state index in [0.29, 0.717) is 16.6 Å². The predicted molar refractivity (Wildman–Crippen MR) is 95.9 cm³/mol. The van der Waals surface area contributed by atoms with Crippen LogP contribution in [0.3, 0.4) is 0 Å². The molecule has 1 atom stereocenters. The topological polar surface area (TPSA) is 68.0 Å². The van der Waals surface area contributed by atoms with Crippen LogP contribution in [-0.2, 0) is 4.79 Å². The summed E-state index contributed by atoms with van der Waals surface area (Å²) < 4.78 is 0. The first-order chi connectivity index (χ1) is 9.92. The van der Waals surface area contributed by atoms with Crippen LogP contribution < -0.4 is 11.1 Å². The average Bonchev–Trinajstić information content (AvgIpc) is 2.88. The van der Waals surface area contributed by atoms with Gasteiger partial charge >= 0.3 is 0 Å². The highest BCUT2D eigenvalue weighted by Crippen LogP contribution is 2.26. The lowest BCUT2D eigenvalue weighted by molar-refractivity contribution is -0.120. The molecule has 7 heteroatoms. The van der Waals surface area contributed by atoms with Crippen LogP contribution in [0.1, 0.15) is 26.7 Å². The number of aromatic nitrogens is 1. The molecule has 120 valence electrons. The van der Waals surface area contributed by atoms with Gasteiger partial charge in [-0.2, -0.15) is 0 Å². The Balaban J connectivity index is 0.00000242. The van der Waals surface area contributed by atoms with Crippen molar-refractivity contribution in [2.75, 3.05) is 5.32 Å². The van der Waals surface area contributed by atoms with E-state index in [1.165, 1.54) is 11.3 Å². The maximum absolute atomic E-state index is 12.1. The number of nitrogens with one attached hydrogen (secondary N) is 1. The molecule has 0 aliphatic heterocycles. The molecular weight excluding hydrogens is 341 g/mol. The van der Waals surface area contributed by atoms with Gasteiger partial charge in [-0.15, -0.1) is 23.7 Å². The molecule has 1 aromatic heterocycles. The van der Waals surface area contributed by atoms with Crippen LogP contribution in [0, 0.1) is 0 Å². The molecule has 1 unspecified atom stereocenters. The Bertz CT molecular complexity index is 626. The number of anilines is 1. The lowest BCUT2D eigenvalue weighted by atomic mass is 9.97. The summed E-state index contributed by atoms with van der Waals surface area (Å²) in [6, 6.07) is 7.42. The zero-order valence-electron chi connectivity index (χ0n) is 12.4. The van der Waals surface area contributed by atoms with E-state index in [0.717, 1.165) is 17.7 Å². The van der Waals surface area contributed by atoms with Gasteiger partial charge in [-0.3, -0.25) is 4.79 Å². The molecule has 1 amide bonds. The number of carbonyl (C=O) groups is 1. The summed E-state index contributed by atoms with van der Waals surface area (Å²) in [6.07, 6.45) is 1.49. The molecule has 0 radical (unpaired) electrons. The van der Waals surface area contributed by atoms with Gasteiger partial charge in [0.1, 0.15) is 0 Å². The van der Waals surface area contributed by atoms with Crippen LogP contribution in [0.25, 0.3) is 11.3 Å². The van der Waals surface area contributed by atoms with Crippen molar-refractivity contribution in [2.45, 2.75) is 32.2 Å². The third-order valence-corrected chi connectivity index (χ3v) is 4.16. The highest BCUT2D eigenvalue weighted by Gasteiger charge is 2.27. The number of nitrogens with zero attached hydrogens (tertiary/aromatic N) is 1. The van der Waals surface area contributed by atoms with E-state index in [9.17, 15) is 4.79 Å². The number of hydrogen-bond acceptors (Lipinski definition) is 4. The van der Waals surface area contributed by atoms with E-state index in [4.69, 9.17) is 17.3 Å². The molecule has 1 heterocycles. The zero-order valence-corrected chi connectivity index (χ0v) is 14.8. The average molecular weight is 360 g/mol. The van der Waals surface area contributed by atoms with Gasteiger partial charge in [0.15, 0.2) is 5.13 Å². The maximum atomic E-state index is 12.1. The monoisotopic (exact) mass is 359 g/mol. The molecule has 0 saturated heterocycles. The van der Waals surface area contributed by atoms with Crippen molar-refractivity contribution in [1.82, 2.24) is 4.98 Å². The van der Waals surface area contributed by atoms with Crippen LogP contribution in [0.2, 0.25) is 5.02 Å². The SMILES string of the molecule is CCCC(C)(N)C(=O)Nc1nc(-c2ccc(Cl)cc2)cs1.Cl. The number of amides is 1. The largest absolute Gasteiger partial charge is 0.318 e. The summed E-state index contributed by atoms with van der Waals surface area (Å²) in [5.74, 6) is -0.207. The molecule has 0 saturated carbocycles. The Hall–Kier alpha value is -1.14. The molecule has 0 fully saturated rings. The van der Waals surface area contributed by atoms with Gasteiger partial charge in [0.25, 0.3) is 0 Å². The van der Waals surface area contributed by atoms with E-state index in [-0.39, 0.29) is 18.3 Å². The minimum Gasteiger partial charge on any atom is -0.318 e. The van der Waals surface area contributed by atoms with Gasteiger partial charge in [-0.25, -0.2) is 4.98 Å². The van der Waals surface area contributed by atoms with Crippen LogP contribution >= 0.6 is 35.3 Å². The molecule has 0 bridgehead atoms. The van der Waals surface area contributed by atoms with Crippen LogP contribution in [0.4, 0.5) is 5.13 Å². The third kappa shape index (κ3) is 4.68. The molecule has 1 aromatic carbocycles. The number of nitrogens with two attached hydrogens (primary N) is 1. The van der Waals surface area contributed by atoms with Crippen molar-refractivity contribution < 1.29 is 4.79 Å². The highest BCUT2D eigenvalue weighted by molar-refractivity contribution is 7.14. The van der Waals surface area contributed by atoms with Gasteiger partial charge in [-0.05, 0) is 25.5 Å². The van der Waals surface area contributed by atoms with Crippen molar-refractivity contribution in [2.24, 2.45) is 5.73 Å². The molecule has 0 spiro atoms. The van der Waals surface area contributed by atoms with Crippen molar-refractivity contribution in [3.8, 4) is 11.3 Å². The predicted octanol–water partition coefficient (Wildman–Crippen LogP) is 4.34. The zero-order chi connectivity index (χ0) is 15.5. The quantitative estimate of drug-likeness (QED) is 0.833. The number of halogens is 2. The highest BCUT2D eigenvalue weighted by atomic mass is 35.5. The smallest absolute Gasteiger partial charge is 0.245 e. The first-order valence-electron chi connectivity index (χ1n) is 6.74. The van der Waals surface area contributed by atoms with Crippen LogP contribution in [0.15, 0.2) is 29.6 Å². The fraction of sp³-hybridized carbons (Fsp3) is 0.333. The Labute approximate surface area is 145 Å². The third-order valence-electron chi connectivity index (χ3n) is 3.15. The number of thiazole rings is 1.